The Balaban J connectivity index is 2.33. The van der Waals surface area contributed by atoms with Crippen molar-refractivity contribution in [2.24, 2.45) is 5.92 Å². The van der Waals surface area contributed by atoms with Crippen molar-refractivity contribution < 1.29 is 0 Å². The lowest BCUT2D eigenvalue weighted by molar-refractivity contribution is 0.573. The van der Waals surface area contributed by atoms with Gasteiger partial charge in [0.25, 0.3) is 5.56 Å². The Morgan fingerprint density at radius 3 is 3.13 bits per heavy atom. The number of H-pyrrole nitrogens is 1. The van der Waals surface area contributed by atoms with Crippen LogP contribution in [0.25, 0.3) is 0 Å². The fraction of sp³-hybridized carbons (Fsp3) is 0.600. The van der Waals surface area contributed by atoms with Gasteiger partial charge in [0, 0.05) is 18.0 Å². The maximum Gasteiger partial charge on any atom is 0.251 e. The molecule has 0 fully saturated rings. The molecule has 0 aliphatic carbocycles. The molecule has 0 aromatic carbocycles. The predicted octanol–water partition coefficient (Wildman–Crippen LogP) is 1.11. The first kappa shape index (κ1) is 12.3. The molecule has 5 heteroatoms. The largest absolute Gasteiger partial charge is 0.317 e. The van der Waals surface area contributed by atoms with Crippen LogP contribution in [-0.2, 0) is 0 Å². The van der Waals surface area contributed by atoms with Crippen molar-refractivity contribution in [1.82, 2.24) is 15.3 Å². The van der Waals surface area contributed by atoms with Crippen molar-refractivity contribution in [2.45, 2.75) is 19.0 Å². The van der Waals surface area contributed by atoms with Crippen molar-refractivity contribution in [3.8, 4) is 0 Å². The van der Waals surface area contributed by atoms with E-state index in [4.69, 9.17) is 0 Å². The standard InChI is InChI=1S/C10H17N3OS/c1-3-11-6-8(2)7-15-10-12-5-4-9(14)13-10/h4-5,8,11H,3,6-7H2,1-2H3,(H,12,13,14). The van der Waals surface area contributed by atoms with Gasteiger partial charge in [-0.2, -0.15) is 0 Å². The Labute approximate surface area is 93.9 Å². The molecule has 0 saturated heterocycles. The molecule has 0 aliphatic heterocycles. The van der Waals surface area contributed by atoms with Crippen LogP contribution in [0.5, 0.6) is 0 Å². The van der Waals surface area contributed by atoms with Crippen molar-refractivity contribution in [1.29, 1.82) is 0 Å². The summed E-state index contributed by atoms with van der Waals surface area (Å²) in [5.74, 6) is 1.53. The zero-order valence-electron chi connectivity index (χ0n) is 9.12. The molecule has 4 nitrogen and oxygen atoms in total. The molecule has 15 heavy (non-hydrogen) atoms. The minimum atomic E-state index is -0.0909. The van der Waals surface area contributed by atoms with Gasteiger partial charge in [-0.1, -0.05) is 25.6 Å². The van der Waals surface area contributed by atoms with Gasteiger partial charge in [0.2, 0.25) is 0 Å². The Bertz CT molecular complexity index is 339. The van der Waals surface area contributed by atoms with Crippen LogP contribution in [0, 0.1) is 5.92 Å². The molecular weight excluding hydrogens is 210 g/mol. The Hall–Kier alpha value is -0.810. The molecule has 1 atom stereocenters. The highest BCUT2D eigenvalue weighted by Gasteiger charge is 2.03. The first-order valence-corrected chi connectivity index (χ1v) is 6.09. The second-order valence-corrected chi connectivity index (χ2v) is 4.47. The van der Waals surface area contributed by atoms with E-state index in [9.17, 15) is 4.79 Å². The number of aromatic amines is 1. The molecule has 1 rings (SSSR count). The van der Waals surface area contributed by atoms with Gasteiger partial charge >= 0.3 is 0 Å². The maximum atomic E-state index is 11.0. The number of hydrogen-bond donors (Lipinski definition) is 2. The van der Waals surface area contributed by atoms with Gasteiger partial charge in [-0.05, 0) is 19.0 Å². The van der Waals surface area contributed by atoms with E-state index >= 15 is 0 Å². The van der Waals surface area contributed by atoms with E-state index < -0.39 is 0 Å². The second kappa shape index (κ2) is 6.63. The summed E-state index contributed by atoms with van der Waals surface area (Å²) in [4.78, 5) is 17.8. The van der Waals surface area contributed by atoms with Gasteiger partial charge < -0.3 is 10.3 Å². The molecule has 1 unspecified atom stereocenters. The van der Waals surface area contributed by atoms with Crippen LogP contribution in [0.15, 0.2) is 22.2 Å². The minimum Gasteiger partial charge on any atom is -0.317 e. The predicted molar refractivity (Wildman–Crippen MR) is 63.3 cm³/mol. The van der Waals surface area contributed by atoms with Crippen LogP contribution >= 0.6 is 11.8 Å². The number of hydrogen-bond acceptors (Lipinski definition) is 4. The molecule has 0 bridgehead atoms. The van der Waals surface area contributed by atoms with Crippen LogP contribution < -0.4 is 10.9 Å². The number of nitrogens with one attached hydrogen (secondary N) is 2. The zero-order chi connectivity index (χ0) is 11.1. The molecule has 2 N–H and O–H groups in total. The number of thioether (sulfide) groups is 1. The Morgan fingerprint density at radius 2 is 2.47 bits per heavy atom. The highest BCUT2D eigenvalue weighted by Crippen LogP contribution is 2.14. The van der Waals surface area contributed by atoms with E-state index in [1.165, 1.54) is 12.3 Å². The smallest absolute Gasteiger partial charge is 0.251 e. The molecule has 84 valence electrons. The fourth-order valence-corrected chi connectivity index (χ4v) is 1.96. The quantitative estimate of drug-likeness (QED) is 0.564. The normalized spacial score (nSPS) is 12.7. The summed E-state index contributed by atoms with van der Waals surface area (Å²) in [6.07, 6.45) is 1.54. The summed E-state index contributed by atoms with van der Waals surface area (Å²) in [5, 5.41) is 3.99. The monoisotopic (exact) mass is 227 g/mol. The SMILES string of the molecule is CCNCC(C)CSc1nccc(=O)[nH]1. The van der Waals surface area contributed by atoms with E-state index in [2.05, 4.69) is 29.1 Å². The van der Waals surface area contributed by atoms with Crippen LogP contribution in [-0.4, -0.2) is 28.8 Å². The van der Waals surface area contributed by atoms with Gasteiger partial charge in [0.05, 0.1) is 0 Å². The topological polar surface area (TPSA) is 57.8 Å². The first-order chi connectivity index (χ1) is 7.22. The Morgan fingerprint density at radius 1 is 1.67 bits per heavy atom. The molecule has 1 aromatic rings. The third kappa shape index (κ3) is 4.99. The highest BCUT2D eigenvalue weighted by atomic mass is 32.2. The van der Waals surface area contributed by atoms with Crippen molar-refractivity contribution >= 4 is 11.8 Å². The lowest BCUT2D eigenvalue weighted by Gasteiger charge is -2.10. The second-order valence-electron chi connectivity index (χ2n) is 3.46. The average molecular weight is 227 g/mol. The van der Waals surface area contributed by atoms with Crippen molar-refractivity contribution in [3.63, 3.8) is 0 Å². The van der Waals surface area contributed by atoms with Gasteiger partial charge in [0.1, 0.15) is 0 Å². The van der Waals surface area contributed by atoms with Crippen molar-refractivity contribution in [2.75, 3.05) is 18.8 Å². The molecule has 0 amide bonds. The average Bonchev–Trinajstić information content (AvgIpc) is 2.23. The summed E-state index contributed by atoms with van der Waals surface area (Å²) in [5.41, 5.74) is -0.0909. The number of rotatable bonds is 6. The first-order valence-electron chi connectivity index (χ1n) is 5.11. The summed E-state index contributed by atoms with van der Waals surface area (Å²) in [6.45, 7) is 6.27. The maximum absolute atomic E-state index is 11.0. The van der Waals surface area contributed by atoms with E-state index in [-0.39, 0.29) is 5.56 Å². The number of nitrogens with zero attached hydrogens (tertiary/aromatic N) is 1. The third-order valence-corrected chi connectivity index (χ3v) is 3.11. The van der Waals surface area contributed by atoms with Gasteiger partial charge in [-0.25, -0.2) is 4.98 Å². The van der Waals surface area contributed by atoms with Crippen LogP contribution in [0.1, 0.15) is 13.8 Å². The molecule has 0 spiro atoms. The summed E-state index contributed by atoms with van der Waals surface area (Å²) in [7, 11) is 0. The van der Waals surface area contributed by atoms with Gasteiger partial charge in [-0.15, -0.1) is 0 Å². The van der Waals surface area contributed by atoms with Crippen LogP contribution in [0.2, 0.25) is 0 Å². The summed E-state index contributed by atoms with van der Waals surface area (Å²) < 4.78 is 0. The summed E-state index contributed by atoms with van der Waals surface area (Å²) >= 11 is 1.59. The van der Waals surface area contributed by atoms with Crippen molar-refractivity contribution in [3.05, 3.63) is 22.6 Å². The lowest BCUT2D eigenvalue weighted by atomic mass is 10.2. The Kier molecular flexibility index (Phi) is 5.42. The lowest BCUT2D eigenvalue weighted by Crippen LogP contribution is -2.22. The van der Waals surface area contributed by atoms with E-state index in [0.29, 0.717) is 11.1 Å². The molecular formula is C10H17N3OS. The fourth-order valence-electron chi connectivity index (χ4n) is 1.10. The summed E-state index contributed by atoms with van der Waals surface area (Å²) in [6, 6.07) is 1.42. The van der Waals surface area contributed by atoms with Crippen LogP contribution in [0.3, 0.4) is 0 Å². The van der Waals surface area contributed by atoms with E-state index in [1.807, 2.05) is 0 Å². The van der Waals surface area contributed by atoms with E-state index in [1.54, 1.807) is 11.8 Å². The molecule has 0 radical (unpaired) electrons. The molecule has 0 saturated carbocycles. The minimum absolute atomic E-state index is 0.0909. The van der Waals surface area contributed by atoms with E-state index in [0.717, 1.165) is 18.8 Å². The molecule has 0 aliphatic rings. The molecule has 1 heterocycles. The third-order valence-electron chi connectivity index (χ3n) is 1.90. The number of aromatic nitrogens is 2. The molecule has 1 aromatic heterocycles. The van der Waals surface area contributed by atoms with Crippen LogP contribution in [0.4, 0.5) is 0 Å². The van der Waals surface area contributed by atoms with Gasteiger partial charge in [0.15, 0.2) is 5.16 Å². The van der Waals surface area contributed by atoms with Gasteiger partial charge in [-0.3, -0.25) is 4.79 Å². The zero-order valence-corrected chi connectivity index (χ0v) is 9.93. The highest BCUT2D eigenvalue weighted by molar-refractivity contribution is 7.99.